The van der Waals surface area contributed by atoms with Crippen molar-refractivity contribution in [2.75, 3.05) is 19.7 Å². The van der Waals surface area contributed by atoms with Crippen LogP contribution in [0.5, 0.6) is 11.6 Å². The van der Waals surface area contributed by atoms with Gasteiger partial charge in [0.1, 0.15) is 12.2 Å². The van der Waals surface area contributed by atoms with Crippen LogP contribution < -0.4 is 9.47 Å². The first kappa shape index (κ1) is 14.5. The van der Waals surface area contributed by atoms with Gasteiger partial charge in [-0.2, -0.15) is 0 Å². The molecule has 2 aromatic rings. The van der Waals surface area contributed by atoms with Crippen molar-refractivity contribution in [3.05, 3.63) is 53.7 Å². The van der Waals surface area contributed by atoms with Crippen LogP contribution in [0, 0.1) is 6.92 Å². The normalized spacial score (nSPS) is 19.7. The molecular formula is C19H22N2O2. The summed E-state index contributed by atoms with van der Waals surface area (Å²) in [6.45, 7) is 5.67. The van der Waals surface area contributed by atoms with Gasteiger partial charge in [0, 0.05) is 38.2 Å². The molecule has 2 aliphatic heterocycles. The number of nitrogens with zero attached hydrogens (tertiary/aromatic N) is 2. The zero-order valence-electron chi connectivity index (χ0n) is 13.5. The summed E-state index contributed by atoms with van der Waals surface area (Å²) in [7, 11) is 0. The lowest BCUT2D eigenvalue weighted by Crippen LogP contribution is -2.53. The Morgan fingerprint density at radius 3 is 2.65 bits per heavy atom. The average molecular weight is 310 g/mol. The van der Waals surface area contributed by atoms with Gasteiger partial charge in [0.25, 0.3) is 5.88 Å². The molecule has 0 radical (unpaired) electrons. The molecule has 0 amide bonds. The number of rotatable bonds is 2. The highest BCUT2D eigenvalue weighted by Crippen LogP contribution is 2.38. The van der Waals surface area contributed by atoms with Gasteiger partial charge < -0.3 is 9.47 Å². The van der Waals surface area contributed by atoms with Crippen LogP contribution >= 0.6 is 0 Å². The molecule has 4 rings (SSSR count). The third kappa shape index (κ3) is 3.04. The van der Waals surface area contributed by atoms with E-state index in [1.54, 1.807) is 0 Å². The minimum Gasteiger partial charge on any atom is -0.484 e. The molecule has 0 N–H and O–H groups in total. The lowest BCUT2D eigenvalue weighted by Gasteiger charge is -2.43. The molecule has 4 heteroatoms. The predicted octanol–water partition coefficient (Wildman–Crippen LogP) is 3.20. The summed E-state index contributed by atoms with van der Waals surface area (Å²) < 4.78 is 12.2. The van der Waals surface area contributed by atoms with Crippen molar-refractivity contribution in [3.63, 3.8) is 0 Å². The average Bonchev–Trinajstić information content (AvgIpc) is 2.58. The Morgan fingerprint density at radius 1 is 1.09 bits per heavy atom. The third-order valence-corrected chi connectivity index (χ3v) is 4.78. The van der Waals surface area contributed by atoms with Gasteiger partial charge in [0.05, 0.1) is 0 Å². The van der Waals surface area contributed by atoms with E-state index in [-0.39, 0.29) is 5.60 Å². The summed E-state index contributed by atoms with van der Waals surface area (Å²) in [4.78, 5) is 6.98. The molecule has 0 saturated carbocycles. The van der Waals surface area contributed by atoms with Crippen molar-refractivity contribution in [2.24, 2.45) is 0 Å². The lowest BCUT2D eigenvalue weighted by atomic mass is 9.91. The second-order valence-corrected chi connectivity index (χ2v) is 6.59. The smallest absolute Gasteiger partial charge is 0.257 e. The minimum atomic E-state index is -0.207. The molecule has 23 heavy (non-hydrogen) atoms. The Hall–Kier alpha value is -2.07. The summed E-state index contributed by atoms with van der Waals surface area (Å²) in [5, 5.41) is 0. The maximum absolute atomic E-state index is 6.28. The van der Waals surface area contributed by atoms with Crippen molar-refractivity contribution >= 4 is 0 Å². The largest absolute Gasteiger partial charge is 0.484 e. The fraction of sp³-hybridized carbons (Fsp3) is 0.421. The minimum absolute atomic E-state index is 0.207. The Labute approximate surface area is 137 Å². The molecule has 0 unspecified atom stereocenters. The van der Waals surface area contributed by atoms with Crippen molar-refractivity contribution in [1.29, 1.82) is 0 Å². The molecule has 1 aromatic carbocycles. The molecule has 0 aliphatic carbocycles. The molecule has 4 nitrogen and oxygen atoms in total. The van der Waals surface area contributed by atoms with Crippen LogP contribution in [0.15, 0.2) is 42.5 Å². The first-order chi connectivity index (χ1) is 11.2. The first-order valence-corrected chi connectivity index (χ1v) is 8.28. The maximum atomic E-state index is 6.28. The van der Waals surface area contributed by atoms with Crippen LogP contribution in [0.2, 0.25) is 0 Å². The SMILES string of the molecule is Cc1ccc2c(n1)OC1(CCN(Cc3ccccc3)CC1)CO2. The van der Waals surface area contributed by atoms with Crippen molar-refractivity contribution in [3.8, 4) is 11.6 Å². The van der Waals surface area contributed by atoms with E-state index in [1.165, 1.54) is 5.56 Å². The monoisotopic (exact) mass is 310 g/mol. The van der Waals surface area contributed by atoms with Gasteiger partial charge in [0.2, 0.25) is 0 Å². The van der Waals surface area contributed by atoms with E-state index >= 15 is 0 Å². The maximum Gasteiger partial charge on any atom is 0.257 e. The first-order valence-electron chi connectivity index (χ1n) is 8.28. The van der Waals surface area contributed by atoms with Gasteiger partial charge >= 0.3 is 0 Å². The molecule has 0 bridgehead atoms. The summed E-state index contributed by atoms with van der Waals surface area (Å²) in [5.74, 6) is 1.43. The predicted molar refractivity (Wildman–Crippen MR) is 88.8 cm³/mol. The molecule has 1 fully saturated rings. The molecule has 1 saturated heterocycles. The van der Waals surface area contributed by atoms with Gasteiger partial charge in [-0.15, -0.1) is 0 Å². The Kier molecular flexibility index (Phi) is 3.69. The number of ether oxygens (including phenoxy) is 2. The van der Waals surface area contributed by atoms with Gasteiger partial charge in [-0.25, -0.2) is 4.98 Å². The van der Waals surface area contributed by atoms with Crippen LogP contribution in [0.1, 0.15) is 24.1 Å². The van der Waals surface area contributed by atoms with E-state index in [0.717, 1.165) is 43.9 Å². The summed E-state index contributed by atoms with van der Waals surface area (Å²) in [6.07, 6.45) is 1.96. The van der Waals surface area contributed by atoms with Crippen LogP contribution in [0.4, 0.5) is 0 Å². The van der Waals surface area contributed by atoms with E-state index in [9.17, 15) is 0 Å². The number of pyridine rings is 1. The highest BCUT2D eigenvalue weighted by atomic mass is 16.6. The second-order valence-electron chi connectivity index (χ2n) is 6.59. The number of likely N-dealkylation sites (tertiary alicyclic amines) is 1. The van der Waals surface area contributed by atoms with Crippen molar-refractivity contribution in [2.45, 2.75) is 31.9 Å². The fourth-order valence-corrected chi connectivity index (χ4v) is 3.35. The number of piperidine rings is 1. The Morgan fingerprint density at radius 2 is 1.87 bits per heavy atom. The standard InChI is InChI=1S/C19H22N2O2/c1-15-7-8-17-18(20-15)23-19(14-22-17)9-11-21(12-10-19)13-16-5-3-2-4-6-16/h2-8H,9-14H2,1H3. The topological polar surface area (TPSA) is 34.6 Å². The number of benzene rings is 1. The zero-order chi connectivity index (χ0) is 15.7. The summed E-state index contributed by atoms with van der Waals surface area (Å²) >= 11 is 0. The van der Waals surface area contributed by atoms with Gasteiger partial charge in [-0.3, -0.25) is 4.90 Å². The molecule has 120 valence electrons. The molecule has 3 heterocycles. The lowest BCUT2D eigenvalue weighted by molar-refractivity contribution is -0.0570. The van der Waals surface area contributed by atoms with E-state index in [4.69, 9.17) is 9.47 Å². The molecular weight excluding hydrogens is 288 g/mol. The quantitative estimate of drug-likeness (QED) is 0.853. The van der Waals surface area contributed by atoms with Crippen LogP contribution in [-0.4, -0.2) is 35.2 Å². The molecule has 1 aromatic heterocycles. The second kappa shape index (κ2) is 5.85. The molecule has 2 aliphatic rings. The van der Waals surface area contributed by atoms with Gasteiger partial charge in [0.15, 0.2) is 5.75 Å². The van der Waals surface area contributed by atoms with E-state index < -0.39 is 0 Å². The number of hydrogen-bond donors (Lipinski definition) is 0. The van der Waals surface area contributed by atoms with Crippen molar-refractivity contribution < 1.29 is 9.47 Å². The summed E-state index contributed by atoms with van der Waals surface area (Å²) in [6, 6.07) is 14.6. The fourth-order valence-electron chi connectivity index (χ4n) is 3.35. The number of hydrogen-bond acceptors (Lipinski definition) is 4. The highest BCUT2D eigenvalue weighted by molar-refractivity contribution is 5.37. The Balaban J connectivity index is 1.41. The van der Waals surface area contributed by atoms with Crippen LogP contribution in [0.25, 0.3) is 0 Å². The van der Waals surface area contributed by atoms with Gasteiger partial charge in [-0.05, 0) is 24.6 Å². The van der Waals surface area contributed by atoms with Crippen LogP contribution in [-0.2, 0) is 6.54 Å². The molecule has 0 atom stereocenters. The Bertz CT molecular complexity index is 679. The van der Waals surface area contributed by atoms with E-state index in [1.807, 2.05) is 19.1 Å². The zero-order valence-corrected chi connectivity index (χ0v) is 13.5. The number of fused-ring (bicyclic) bond motifs is 1. The van der Waals surface area contributed by atoms with Crippen molar-refractivity contribution in [1.82, 2.24) is 9.88 Å². The van der Waals surface area contributed by atoms with Gasteiger partial charge in [-0.1, -0.05) is 30.3 Å². The number of aromatic nitrogens is 1. The van der Waals surface area contributed by atoms with E-state index in [0.29, 0.717) is 12.5 Å². The highest BCUT2D eigenvalue weighted by Gasteiger charge is 2.41. The summed E-state index contributed by atoms with van der Waals surface area (Å²) in [5.41, 5.74) is 2.12. The third-order valence-electron chi connectivity index (χ3n) is 4.78. The van der Waals surface area contributed by atoms with E-state index in [2.05, 4.69) is 40.2 Å². The molecule has 1 spiro atoms. The number of aryl methyl sites for hydroxylation is 1. The van der Waals surface area contributed by atoms with Crippen LogP contribution in [0.3, 0.4) is 0 Å².